The Labute approximate surface area is 288 Å². The van der Waals surface area contributed by atoms with Gasteiger partial charge in [-0.1, -0.05) is 34.6 Å². The topological polar surface area (TPSA) is 194 Å². The molecule has 4 saturated carbocycles. The summed E-state index contributed by atoms with van der Waals surface area (Å²) < 4.78 is 44.9. The summed E-state index contributed by atoms with van der Waals surface area (Å²) in [4.78, 5) is 67.5. The van der Waals surface area contributed by atoms with Crippen LogP contribution in [0.3, 0.4) is 0 Å². The first-order valence-corrected chi connectivity index (χ1v) is 17.3. The molecule has 4 bridgehead atoms. The number of rotatable bonds is 8. The smallest absolute Gasteiger partial charge is 0.317 e. The molecule has 0 aromatic carbocycles. The molecule has 0 radical (unpaired) electrons. The number of carboxylic acid groups (broad SMARTS) is 1. The van der Waals surface area contributed by atoms with E-state index in [0.717, 1.165) is 0 Å². The molecule has 4 heterocycles. The number of ketones is 1. The Balaban J connectivity index is 1.49. The van der Waals surface area contributed by atoms with Crippen LogP contribution in [-0.2, 0) is 52.4 Å². The van der Waals surface area contributed by atoms with Gasteiger partial charge in [0.15, 0.2) is 11.7 Å². The zero-order valence-corrected chi connectivity index (χ0v) is 29.4. The minimum absolute atomic E-state index is 0.0401. The van der Waals surface area contributed by atoms with Gasteiger partial charge in [0, 0.05) is 60.8 Å². The Hall–Kier alpha value is -3.33. The molecule has 14 nitrogen and oxygen atoms in total. The van der Waals surface area contributed by atoms with E-state index in [1.54, 1.807) is 33.8 Å². The predicted molar refractivity (Wildman–Crippen MR) is 164 cm³/mol. The first-order chi connectivity index (χ1) is 23.2. The lowest BCUT2D eigenvalue weighted by Crippen LogP contribution is -2.95. The zero-order chi connectivity index (χ0) is 36.4. The summed E-state index contributed by atoms with van der Waals surface area (Å²) in [6.45, 7) is 12.8. The van der Waals surface area contributed by atoms with Crippen molar-refractivity contribution < 1.29 is 67.0 Å². The summed E-state index contributed by atoms with van der Waals surface area (Å²) in [5.74, 6) is -9.91. The third kappa shape index (κ3) is 3.30. The molecule has 3 saturated heterocycles. The summed E-state index contributed by atoms with van der Waals surface area (Å²) in [6, 6.07) is 1.64. The maximum Gasteiger partial charge on any atom is 0.317 e. The largest absolute Gasteiger partial charge is 0.481 e. The number of Topliss-reactive ketones (excluding diaryl/α,β-unsaturated/α-hetero) is 1. The summed E-state index contributed by atoms with van der Waals surface area (Å²) >= 11 is 0. The Morgan fingerprint density at radius 1 is 1.00 bits per heavy atom. The summed E-state index contributed by atoms with van der Waals surface area (Å²) in [5, 5.41) is 24.0. The molecule has 3 aliphatic heterocycles. The van der Waals surface area contributed by atoms with Crippen LogP contribution in [-0.4, -0.2) is 80.5 Å². The minimum Gasteiger partial charge on any atom is -0.481 e. The fraction of sp³-hybridized carbons (Fsp3) is 0.750. The van der Waals surface area contributed by atoms with Crippen molar-refractivity contribution in [1.82, 2.24) is 0 Å². The number of esters is 3. The Kier molecular flexibility index (Phi) is 6.46. The first-order valence-electron chi connectivity index (χ1n) is 17.3. The Bertz CT molecular complexity index is 1740. The second kappa shape index (κ2) is 9.55. The van der Waals surface area contributed by atoms with Crippen molar-refractivity contribution >= 4 is 29.7 Å². The molecular formula is C36H44O14. The van der Waals surface area contributed by atoms with E-state index in [-0.39, 0.29) is 19.3 Å². The maximum absolute atomic E-state index is 14.6. The van der Waals surface area contributed by atoms with Crippen molar-refractivity contribution in [3.63, 3.8) is 0 Å². The van der Waals surface area contributed by atoms with Gasteiger partial charge in [0.1, 0.15) is 40.7 Å². The van der Waals surface area contributed by atoms with Gasteiger partial charge < -0.3 is 43.1 Å². The molecule has 7 aliphatic rings. The second-order valence-corrected chi connectivity index (χ2v) is 16.8. The number of ether oxygens (including phenoxy) is 6. The highest BCUT2D eigenvalue weighted by molar-refractivity contribution is 6.01. The molecule has 272 valence electrons. The van der Waals surface area contributed by atoms with E-state index >= 15 is 0 Å². The van der Waals surface area contributed by atoms with Gasteiger partial charge in [-0.2, -0.15) is 0 Å². The number of hydrogen-bond donors (Lipinski definition) is 2. The fourth-order valence-corrected chi connectivity index (χ4v) is 13.1. The number of fused-ring (bicyclic) bond motifs is 3. The number of furan rings is 1. The van der Waals surface area contributed by atoms with Crippen LogP contribution in [0.15, 0.2) is 23.0 Å². The number of aliphatic carboxylic acids is 1. The molecule has 7 fully saturated rings. The molecule has 1 aromatic heterocycles. The average Bonchev–Trinajstić information content (AvgIpc) is 3.70. The van der Waals surface area contributed by atoms with Crippen molar-refractivity contribution in [2.45, 2.75) is 128 Å². The van der Waals surface area contributed by atoms with Crippen LogP contribution in [0, 0.1) is 39.9 Å². The van der Waals surface area contributed by atoms with Crippen molar-refractivity contribution in [3.8, 4) is 0 Å². The molecule has 2 N–H and O–H groups in total. The van der Waals surface area contributed by atoms with Crippen LogP contribution in [0.1, 0.15) is 92.7 Å². The van der Waals surface area contributed by atoms with Gasteiger partial charge in [0.25, 0.3) is 5.97 Å². The van der Waals surface area contributed by atoms with Crippen LogP contribution in [0.25, 0.3) is 0 Å². The fourth-order valence-electron chi connectivity index (χ4n) is 13.1. The van der Waals surface area contributed by atoms with Crippen molar-refractivity contribution in [1.29, 1.82) is 0 Å². The first kappa shape index (κ1) is 33.8. The van der Waals surface area contributed by atoms with E-state index in [2.05, 4.69) is 0 Å². The monoisotopic (exact) mass is 700 g/mol. The van der Waals surface area contributed by atoms with Crippen LogP contribution >= 0.6 is 0 Å². The van der Waals surface area contributed by atoms with Gasteiger partial charge >= 0.3 is 23.9 Å². The molecule has 50 heavy (non-hydrogen) atoms. The van der Waals surface area contributed by atoms with Crippen molar-refractivity contribution in [2.24, 2.45) is 39.9 Å². The van der Waals surface area contributed by atoms with Gasteiger partial charge in [-0.15, -0.1) is 0 Å². The van der Waals surface area contributed by atoms with Crippen LogP contribution in [0.2, 0.25) is 0 Å². The Morgan fingerprint density at radius 2 is 1.68 bits per heavy atom. The lowest BCUT2D eigenvalue weighted by Gasteiger charge is -2.78. The molecule has 4 aliphatic carbocycles. The molecule has 14 unspecified atom stereocenters. The molecule has 8 rings (SSSR count). The lowest BCUT2D eigenvalue weighted by atomic mass is 9.32. The number of carbonyl (C=O) groups excluding carboxylic acids is 4. The SMILES string of the molecule is CC(=O)OC(c1ccoc1)C1(C)CCC23OC4(C)OC25C1C(C(=O)C(C)C)C(=O)OC5C1(O)C(OC(C)=O)C2(C)CC1(O4)C3(C)C2CC(=O)O. The Morgan fingerprint density at radius 3 is 2.26 bits per heavy atom. The molecule has 14 atom stereocenters. The van der Waals surface area contributed by atoms with Gasteiger partial charge in [-0.05, 0) is 31.2 Å². The van der Waals surface area contributed by atoms with Crippen molar-refractivity contribution in [3.05, 3.63) is 24.2 Å². The number of aliphatic hydroxyl groups is 1. The van der Waals surface area contributed by atoms with Crippen LogP contribution in [0.4, 0.5) is 0 Å². The number of carbonyl (C=O) groups is 5. The standard InChI is InChI=1S/C36H44O14/c1-16(2)23(41)22-24-29(5,25(45-17(3)37)19-9-12-44-14-19)10-11-33-31(7)20(13-21(39)40)30(6)15-34(31)35(43,27(30)46-18(4)38)28(47-26(22)42)36(24,33)50-32(8,48-33)49-34/h9,12,14,16,20,22,24-25,27-28,43H,10-11,13,15H2,1-8H3,(H,39,40). The summed E-state index contributed by atoms with van der Waals surface area (Å²) in [6.07, 6.45) is -1.24. The predicted octanol–water partition coefficient (Wildman–Crippen LogP) is 3.23. The minimum atomic E-state index is -2.30. The number of hydrogen-bond acceptors (Lipinski definition) is 13. The average molecular weight is 701 g/mol. The highest BCUT2D eigenvalue weighted by Gasteiger charge is 3.04. The molecule has 3 spiro atoms. The third-order valence-electron chi connectivity index (χ3n) is 14.2. The van der Waals surface area contributed by atoms with Gasteiger partial charge in [-0.25, -0.2) is 0 Å². The second-order valence-electron chi connectivity index (χ2n) is 16.8. The van der Waals surface area contributed by atoms with Crippen LogP contribution in [0.5, 0.6) is 0 Å². The van der Waals surface area contributed by atoms with Crippen LogP contribution < -0.4 is 0 Å². The van der Waals surface area contributed by atoms with E-state index in [4.69, 9.17) is 32.8 Å². The molecule has 1 aromatic rings. The van der Waals surface area contributed by atoms with E-state index in [0.29, 0.717) is 5.56 Å². The lowest BCUT2D eigenvalue weighted by molar-refractivity contribution is -0.479. The highest BCUT2D eigenvalue weighted by Crippen LogP contribution is 2.90. The van der Waals surface area contributed by atoms with Gasteiger partial charge in [0.05, 0.1) is 12.5 Å². The third-order valence-corrected chi connectivity index (χ3v) is 14.2. The van der Waals surface area contributed by atoms with E-state index in [1.165, 1.54) is 26.4 Å². The normalized spacial score (nSPS) is 50.8. The van der Waals surface area contributed by atoms with Crippen molar-refractivity contribution in [2.75, 3.05) is 0 Å². The quantitative estimate of drug-likeness (QED) is 0.228. The summed E-state index contributed by atoms with van der Waals surface area (Å²) in [5.41, 5.74) is -10.8. The highest BCUT2D eigenvalue weighted by atomic mass is 16.9. The van der Waals surface area contributed by atoms with Gasteiger partial charge in [0.2, 0.25) is 0 Å². The molecule has 14 heteroatoms. The summed E-state index contributed by atoms with van der Waals surface area (Å²) in [7, 11) is 0. The molecular weight excluding hydrogens is 656 g/mol. The van der Waals surface area contributed by atoms with Gasteiger partial charge in [-0.3, -0.25) is 24.0 Å². The molecule has 0 amide bonds. The zero-order valence-electron chi connectivity index (χ0n) is 29.4. The van der Waals surface area contributed by atoms with E-state index in [9.17, 15) is 34.2 Å². The van der Waals surface area contributed by atoms with E-state index < -0.39 is 123 Å². The maximum atomic E-state index is 14.6. The van der Waals surface area contributed by atoms with E-state index in [1.807, 2.05) is 13.8 Å². The number of carboxylic acids is 1.